The van der Waals surface area contributed by atoms with E-state index in [1.807, 2.05) is 36.2 Å². The van der Waals surface area contributed by atoms with Crippen molar-refractivity contribution in [1.82, 2.24) is 4.90 Å². The molecule has 4 N–H and O–H groups in total. The zero-order valence-electron chi connectivity index (χ0n) is 9.19. The first-order chi connectivity index (χ1) is 7.49. The van der Waals surface area contributed by atoms with Crippen molar-refractivity contribution in [3.63, 3.8) is 0 Å². The molecular formula is C11H16BrN3O. The van der Waals surface area contributed by atoms with Crippen molar-refractivity contribution in [2.24, 2.45) is 11.5 Å². The molecule has 1 rings (SSSR count). The van der Waals surface area contributed by atoms with Crippen molar-refractivity contribution < 1.29 is 4.79 Å². The summed E-state index contributed by atoms with van der Waals surface area (Å²) >= 11 is 3.41. The van der Waals surface area contributed by atoms with Gasteiger partial charge in [-0.1, -0.05) is 28.1 Å². The van der Waals surface area contributed by atoms with Crippen LogP contribution in [0.2, 0.25) is 0 Å². The Morgan fingerprint density at radius 1 is 1.56 bits per heavy atom. The Bertz CT molecular complexity index is 370. The summed E-state index contributed by atoms with van der Waals surface area (Å²) in [5, 5.41) is 0. The third-order valence-corrected chi connectivity index (χ3v) is 2.71. The van der Waals surface area contributed by atoms with Gasteiger partial charge >= 0.3 is 0 Å². The molecule has 1 amide bonds. The molecule has 0 aliphatic rings. The molecule has 0 fully saturated rings. The molecule has 0 aliphatic carbocycles. The van der Waals surface area contributed by atoms with E-state index in [9.17, 15) is 4.79 Å². The van der Waals surface area contributed by atoms with E-state index < -0.39 is 11.9 Å². The molecule has 0 aliphatic heterocycles. The Morgan fingerprint density at radius 3 is 2.81 bits per heavy atom. The average molecular weight is 286 g/mol. The number of benzene rings is 1. The Hall–Kier alpha value is -0.910. The van der Waals surface area contributed by atoms with Crippen LogP contribution in [0.15, 0.2) is 28.7 Å². The number of carbonyl (C=O) groups excluding carboxylic acids is 1. The highest BCUT2D eigenvalue weighted by Crippen LogP contribution is 2.12. The van der Waals surface area contributed by atoms with Gasteiger partial charge in [0.1, 0.15) is 0 Å². The normalized spacial score (nSPS) is 12.8. The fourth-order valence-corrected chi connectivity index (χ4v) is 1.88. The summed E-state index contributed by atoms with van der Waals surface area (Å²) in [6.07, 6.45) is 0. The number of halogens is 1. The lowest BCUT2D eigenvalue weighted by atomic mass is 10.2. The molecule has 88 valence electrons. The summed E-state index contributed by atoms with van der Waals surface area (Å²) in [5.41, 5.74) is 11.8. The molecule has 0 aromatic heterocycles. The molecule has 0 saturated carbocycles. The number of carbonyl (C=O) groups is 1. The second kappa shape index (κ2) is 5.98. The van der Waals surface area contributed by atoms with Crippen LogP contribution in [0.3, 0.4) is 0 Å². The van der Waals surface area contributed by atoms with Gasteiger partial charge in [0.05, 0.1) is 6.04 Å². The first-order valence-corrected chi connectivity index (χ1v) is 5.76. The van der Waals surface area contributed by atoms with Crippen LogP contribution in [-0.4, -0.2) is 30.4 Å². The Morgan fingerprint density at radius 2 is 2.25 bits per heavy atom. The van der Waals surface area contributed by atoms with Gasteiger partial charge < -0.3 is 16.4 Å². The van der Waals surface area contributed by atoms with Crippen molar-refractivity contribution in [3.8, 4) is 0 Å². The lowest BCUT2D eigenvalue weighted by molar-refractivity contribution is -0.119. The minimum atomic E-state index is -0.614. The molecule has 0 radical (unpaired) electrons. The summed E-state index contributed by atoms with van der Waals surface area (Å²) in [4.78, 5) is 12.8. The predicted octanol–water partition coefficient (Wildman–Crippen LogP) is 0.694. The van der Waals surface area contributed by atoms with E-state index in [2.05, 4.69) is 15.9 Å². The van der Waals surface area contributed by atoms with Gasteiger partial charge in [0.2, 0.25) is 5.91 Å². The Balaban J connectivity index is 2.51. The van der Waals surface area contributed by atoms with Crippen LogP contribution in [0.1, 0.15) is 5.56 Å². The van der Waals surface area contributed by atoms with E-state index in [1.54, 1.807) is 0 Å². The number of nitrogens with two attached hydrogens (primary N) is 2. The maximum Gasteiger partial charge on any atom is 0.235 e. The number of primary amides is 1. The molecule has 16 heavy (non-hydrogen) atoms. The maximum absolute atomic E-state index is 10.8. The van der Waals surface area contributed by atoms with Gasteiger partial charge in [-0.05, 0) is 24.7 Å². The first kappa shape index (κ1) is 13.2. The highest BCUT2D eigenvalue weighted by Gasteiger charge is 2.12. The van der Waals surface area contributed by atoms with Crippen LogP contribution in [0, 0.1) is 0 Å². The number of nitrogens with zero attached hydrogens (tertiary/aromatic N) is 1. The van der Waals surface area contributed by atoms with Crippen LogP contribution < -0.4 is 11.5 Å². The Kier molecular flexibility index (Phi) is 4.92. The first-order valence-electron chi connectivity index (χ1n) is 4.97. The van der Waals surface area contributed by atoms with Crippen molar-refractivity contribution in [1.29, 1.82) is 0 Å². The molecule has 0 heterocycles. The van der Waals surface area contributed by atoms with E-state index in [0.717, 1.165) is 16.6 Å². The Labute approximate surface area is 104 Å². The quantitative estimate of drug-likeness (QED) is 0.836. The third kappa shape index (κ3) is 4.30. The molecule has 1 unspecified atom stereocenters. The predicted molar refractivity (Wildman–Crippen MR) is 67.6 cm³/mol. The standard InChI is InChI=1S/C11H16BrN3O/c1-15(7-10(13)11(14)16)6-8-3-2-4-9(12)5-8/h2-5,10H,6-7,13H2,1H3,(H2,14,16). The van der Waals surface area contributed by atoms with Crippen LogP contribution in [0.5, 0.6) is 0 Å². The average Bonchev–Trinajstić information content (AvgIpc) is 2.16. The van der Waals surface area contributed by atoms with E-state index in [-0.39, 0.29) is 0 Å². The molecular weight excluding hydrogens is 270 g/mol. The second-order valence-electron chi connectivity index (χ2n) is 3.84. The van der Waals surface area contributed by atoms with Crippen LogP contribution in [0.25, 0.3) is 0 Å². The SMILES string of the molecule is CN(Cc1cccc(Br)c1)CC(N)C(N)=O. The van der Waals surface area contributed by atoms with E-state index in [1.165, 1.54) is 0 Å². The minimum absolute atomic E-state index is 0.460. The molecule has 0 spiro atoms. The molecule has 1 aromatic carbocycles. The van der Waals surface area contributed by atoms with Gasteiger partial charge in [0.15, 0.2) is 0 Å². The van der Waals surface area contributed by atoms with Gasteiger partial charge in [-0.15, -0.1) is 0 Å². The van der Waals surface area contributed by atoms with E-state index >= 15 is 0 Å². The van der Waals surface area contributed by atoms with Crippen molar-refractivity contribution >= 4 is 21.8 Å². The topological polar surface area (TPSA) is 72.3 Å². The molecule has 4 nitrogen and oxygen atoms in total. The number of amides is 1. The van der Waals surface area contributed by atoms with Crippen molar-refractivity contribution in [2.45, 2.75) is 12.6 Å². The lowest BCUT2D eigenvalue weighted by Gasteiger charge is -2.19. The van der Waals surface area contributed by atoms with Gasteiger partial charge in [-0.3, -0.25) is 4.79 Å². The minimum Gasteiger partial charge on any atom is -0.368 e. The summed E-state index contributed by atoms with van der Waals surface area (Å²) in [6, 6.07) is 7.39. The van der Waals surface area contributed by atoms with Crippen LogP contribution in [0.4, 0.5) is 0 Å². The third-order valence-electron chi connectivity index (χ3n) is 2.22. The van der Waals surface area contributed by atoms with Gasteiger partial charge in [-0.2, -0.15) is 0 Å². The highest BCUT2D eigenvalue weighted by atomic mass is 79.9. The largest absolute Gasteiger partial charge is 0.368 e. The monoisotopic (exact) mass is 285 g/mol. The van der Waals surface area contributed by atoms with E-state index in [0.29, 0.717) is 6.54 Å². The smallest absolute Gasteiger partial charge is 0.235 e. The zero-order valence-corrected chi connectivity index (χ0v) is 10.8. The van der Waals surface area contributed by atoms with Crippen molar-refractivity contribution in [2.75, 3.05) is 13.6 Å². The second-order valence-corrected chi connectivity index (χ2v) is 4.75. The molecule has 0 bridgehead atoms. The zero-order chi connectivity index (χ0) is 12.1. The summed E-state index contributed by atoms with van der Waals surface area (Å²) in [6.45, 7) is 1.20. The van der Waals surface area contributed by atoms with Gasteiger partial charge in [0.25, 0.3) is 0 Å². The number of hydrogen-bond donors (Lipinski definition) is 2. The summed E-state index contributed by atoms with van der Waals surface area (Å²) in [5.74, 6) is -0.471. The number of likely N-dealkylation sites (N-methyl/N-ethyl adjacent to an activating group) is 1. The lowest BCUT2D eigenvalue weighted by Crippen LogP contribution is -2.44. The van der Waals surface area contributed by atoms with Gasteiger partial charge in [0, 0.05) is 17.6 Å². The summed E-state index contributed by atoms with van der Waals surface area (Å²) in [7, 11) is 1.91. The number of hydrogen-bond acceptors (Lipinski definition) is 3. The van der Waals surface area contributed by atoms with Gasteiger partial charge in [-0.25, -0.2) is 0 Å². The van der Waals surface area contributed by atoms with Crippen LogP contribution in [-0.2, 0) is 11.3 Å². The fraction of sp³-hybridized carbons (Fsp3) is 0.364. The van der Waals surface area contributed by atoms with E-state index in [4.69, 9.17) is 11.5 Å². The molecule has 0 saturated heterocycles. The molecule has 1 atom stereocenters. The molecule has 1 aromatic rings. The van der Waals surface area contributed by atoms with Crippen LogP contribution >= 0.6 is 15.9 Å². The van der Waals surface area contributed by atoms with Crippen molar-refractivity contribution in [3.05, 3.63) is 34.3 Å². The highest BCUT2D eigenvalue weighted by molar-refractivity contribution is 9.10. The fourth-order valence-electron chi connectivity index (χ4n) is 1.44. The number of rotatable bonds is 5. The summed E-state index contributed by atoms with van der Waals surface area (Å²) < 4.78 is 1.04. The maximum atomic E-state index is 10.8. The molecule has 5 heteroatoms.